The minimum Gasteiger partial charge on any atom is -0.497 e. The first-order valence-electron chi connectivity index (χ1n) is 9.36. The molecule has 0 fully saturated rings. The first-order valence-corrected chi connectivity index (χ1v) is 10.8. The number of ether oxygens (including phenoxy) is 1. The molecule has 152 valence electrons. The second-order valence-corrected chi connectivity index (χ2v) is 8.65. The minimum atomic E-state index is -3.58. The van der Waals surface area contributed by atoms with Crippen LogP contribution < -0.4 is 10.1 Å². The maximum absolute atomic E-state index is 12.6. The number of nitrogens with zero attached hydrogens (tertiary/aromatic N) is 1. The molecule has 1 amide bonds. The van der Waals surface area contributed by atoms with E-state index < -0.39 is 10.0 Å². The summed E-state index contributed by atoms with van der Waals surface area (Å²) in [7, 11) is -0.539. The van der Waals surface area contributed by atoms with Crippen LogP contribution in [-0.2, 0) is 21.2 Å². The predicted octanol–water partition coefficient (Wildman–Crippen LogP) is 3.69. The fourth-order valence-electron chi connectivity index (χ4n) is 2.78. The highest BCUT2D eigenvalue weighted by atomic mass is 32.2. The Bertz CT molecular complexity index is 862. The second-order valence-electron chi connectivity index (χ2n) is 6.60. The molecule has 2 aromatic rings. The molecule has 0 unspecified atom stereocenters. The molecule has 0 aliphatic rings. The van der Waals surface area contributed by atoms with Crippen molar-refractivity contribution in [1.29, 1.82) is 0 Å². The summed E-state index contributed by atoms with van der Waals surface area (Å²) in [5, 5.41) is 2.85. The van der Waals surface area contributed by atoms with E-state index in [-0.39, 0.29) is 23.8 Å². The van der Waals surface area contributed by atoms with Crippen LogP contribution in [0.4, 0.5) is 5.69 Å². The largest absolute Gasteiger partial charge is 0.497 e. The minimum absolute atomic E-state index is 0.126. The number of sulfonamides is 1. The van der Waals surface area contributed by atoms with Crippen molar-refractivity contribution in [2.24, 2.45) is 0 Å². The topological polar surface area (TPSA) is 75.7 Å². The lowest BCUT2D eigenvalue weighted by Gasteiger charge is -2.17. The lowest BCUT2D eigenvalue weighted by molar-refractivity contribution is -0.116. The Morgan fingerprint density at radius 2 is 1.71 bits per heavy atom. The summed E-state index contributed by atoms with van der Waals surface area (Å²) in [6, 6.07) is 14.0. The van der Waals surface area contributed by atoms with Crippen molar-refractivity contribution in [3.63, 3.8) is 0 Å². The quantitative estimate of drug-likeness (QED) is 0.655. The molecule has 0 aliphatic heterocycles. The van der Waals surface area contributed by atoms with Gasteiger partial charge in [0.2, 0.25) is 15.9 Å². The molecule has 2 rings (SSSR count). The van der Waals surface area contributed by atoms with E-state index in [4.69, 9.17) is 4.74 Å². The smallest absolute Gasteiger partial charge is 0.242 e. The molecule has 0 saturated heterocycles. The third-order valence-electron chi connectivity index (χ3n) is 4.42. The molecular formula is C21H28N2O4S. The molecule has 0 radical (unpaired) electrons. The van der Waals surface area contributed by atoms with E-state index >= 15 is 0 Å². The number of nitrogens with one attached hydrogen (secondary N) is 1. The maximum Gasteiger partial charge on any atom is 0.242 e. The van der Waals surface area contributed by atoms with Crippen molar-refractivity contribution >= 4 is 21.6 Å². The zero-order valence-corrected chi connectivity index (χ0v) is 17.5. The van der Waals surface area contributed by atoms with E-state index in [1.807, 2.05) is 24.3 Å². The summed E-state index contributed by atoms with van der Waals surface area (Å²) in [6.07, 6.45) is 2.78. The maximum atomic E-state index is 12.6. The number of anilines is 1. The third-order valence-corrected chi connectivity index (χ3v) is 6.29. The summed E-state index contributed by atoms with van der Waals surface area (Å²) in [5.74, 6) is 0.472. The van der Waals surface area contributed by atoms with Gasteiger partial charge in [-0.15, -0.1) is 0 Å². The van der Waals surface area contributed by atoms with Crippen LogP contribution in [0, 0.1) is 0 Å². The number of carbonyl (C=O) groups is 1. The second kappa shape index (κ2) is 10.2. The lowest BCUT2D eigenvalue weighted by atomic mass is 10.1. The van der Waals surface area contributed by atoms with Crippen molar-refractivity contribution in [3.8, 4) is 5.75 Å². The molecule has 2 aromatic carbocycles. The summed E-state index contributed by atoms with van der Waals surface area (Å²) >= 11 is 0. The van der Waals surface area contributed by atoms with Gasteiger partial charge in [-0.2, -0.15) is 0 Å². The Morgan fingerprint density at radius 1 is 1.07 bits per heavy atom. The molecule has 0 bridgehead atoms. The number of methoxy groups -OCH3 is 1. The molecule has 1 N–H and O–H groups in total. The first-order chi connectivity index (χ1) is 13.4. The zero-order chi connectivity index (χ0) is 20.6. The Labute approximate surface area is 167 Å². The standard InChI is InChI=1S/C21H28N2O4S/c1-4-6-17-8-10-18(11-9-17)22-21(24)7-5-16-23(2)28(25,26)20-14-12-19(27-3)13-15-20/h8-15H,4-7,16H2,1-3H3,(H,22,24). The van der Waals surface area contributed by atoms with Crippen molar-refractivity contribution in [1.82, 2.24) is 4.31 Å². The summed E-state index contributed by atoms with van der Waals surface area (Å²) in [4.78, 5) is 12.3. The van der Waals surface area contributed by atoms with Crippen LogP contribution in [0.2, 0.25) is 0 Å². The van der Waals surface area contributed by atoms with Crippen molar-refractivity contribution in [3.05, 3.63) is 54.1 Å². The van der Waals surface area contributed by atoms with Gasteiger partial charge in [0.1, 0.15) is 5.75 Å². The number of benzene rings is 2. The van der Waals surface area contributed by atoms with E-state index in [0.717, 1.165) is 18.5 Å². The van der Waals surface area contributed by atoms with Crippen LogP contribution in [-0.4, -0.2) is 39.3 Å². The Balaban J connectivity index is 1.83. The van der Waals surface area contributed by atoms with Gasteiger partial charge >= 0.3 is 0 Å². The van der Waals surface area contributed by atoms with E-state index in [0.29, 0.717) is 12.2 Å². The van der Waals surface area contributed by atoms with Gasteiger partial charge in [0.05, 0.1) is 12.0 Å². The highest BCUT2D eigenvalue weighted by Gasteiger charge is 2.20. The highest BCUT2D eigenvalue weighted by molar-refractivity contribution is 7.89. The monoisotopic (exact) mass is 404 g/mol. The van der Waals surface area contributed by atoms with Crippen LogP contribution in [0.1, 0.15) is 31.7 Å². The highest BCUT2D eigenvalue weighted by Crippen LogP contribution is 2.19. The van der Waals surface area contributed by atoms with Crippen LogP contribution in [0.5, 0.6) is 5.75 Å². The molecular weight excluding hydrogens is 376 g/mol. The van der Waals surface area contributed by atoms with Gasteiger partial charge in [-0.25, -0.2) is 12.7 Å². The van der Waals surface area contributed by atoms with Crippen molar-refractivity contribution in [2.45, 2.75) is 37.5 Å². The van der Waals surface area contributed by atoms with Gasteiger partial charge in [-0.1, -0.05) is 25.5 Å². The molecule has 7 heteroatoms. The van der Waals surface area contributed by atoms with Crippen LogP contribution in [0.3, 0.4) is 0 Å². The van der Waals surface area contributed by atoms with E-state index in [2.05, 4.69) is 12.2 Å². The number of hydrogen-bond donors (Lipinski definition) is 1. The van der Waals surface area contributed by atoms with Gasteiger partial charge in [0, 0.05) is 25.7 Å². The lowest BCUT2D eigenvalue weighted by Crippen LogP contribution is -2.28. The molecule has 0 spiro atoms. The van der Waals surface area contributed by atoms with E-state index in [1.165, 1.54) is 36.2 Å². The van der Waals surface area contributed by atoms with Gasteiger partial charge in [-0.3, -0.25) is 4.79 Å². The molecule has 0 aromatic heterocycles. The van der Waals surface area contributed by atoms with E-state index in [9.17, 15) is 13.2 Å². The van der Waals surface area contributed by atoms with Gasteiger partial charge in [0.15, 0.2) is 0 Å². The number of hydrogen-bond acceptors (Lipinski definition) is 4. The van der Waals surface area contributed by atoms with Gasteiger partial charge < -0.3 is 10.1 Å². The first kappa shape index (κ1) is 21.9. The third kappa shape index (κ3) is 6.07. The normalized spacial score (nSPS) is 11.4. The van der Waals surface area contributed by atoms with Gasteiger partial charge in [0.25, 0.3) is 0 Å². The molecule has 0 heterocycles. The zero-order valence-electron chi connectivity index (χ0n) is 16.6. The molecule has 0 atom stereocenters. The van der Waals surface area contributed by atoms with Crippen molar-refractivity contribution < 1.29 is 17.9 Å². The summed E-state index contributed by atoms with van der Waals surface area (Å²) in [6.45, 7) is 2.39. The fraction of sp³-hybridized carbons (Fsp3) is 0.381. The SMILES string of the molecule is CCCc1ccc(NC(=O)CCCN(C)S(=O)(=O)c2ccc(OC)cc2)cc1. The summed E-state index contributed by atoms with van der Waals surface area (Å²) < 4.78 is 31.5. The van der Waals surface area contributed by atoms with Crippen LogP contribution in [0.25, 0.3) is 0 Å². The number of rotatable bonds is 10. The van der Waals surface area contributed by atoms with Crippen LogP contribution >= 0.6 is 0 Å². The molecule has 0 aliphatic carbocycles. The summed E-state index contributed by atoms with van der Waals surface area (Å²) in [5.41, 5.74) is 2.00. The Kier molecular flexibility index (Phi) is 8.02. The predicted molar refractivity (Wildman–Crippen MR) is 111 cm³/mol. The molecule has 28 heavy (non-hydrogen) atoms. The molecule has 6 nitrogen and oxygen atoms in total. The number of amides is 1. The number of aryl methyl sites for hydroxylation is 1. The Hall–Kier alpha value is -2.38. The van der Waals surface area contributed by atoms with Crippen molar-refractivity contribution in [2.75, 3.05) is 26.0 Å². The van der Waals surface area contributed by atoms with E-state index in [1.54, 1.807) is 12.1 Å². The Morgan fingerprint density at radius 3 is 2.29 bits per heavy atom. The number of carbonyl (C=O) groups excluding carboxylic acids is 1. The fourth-order valence-corrected chi connectivity index (χ4v) is 3.99. The average Bonchev–Trinajstić information content (AvgIpc) is 2.69. The molecule has 0 saturated carbocycles. The van der Waals surface area contributed by atoms with Crippen LogP contribution in [0.15, 0.2) is 53.4 Å². The average molecular weight is 405 g/mol. The van der Waals surface area contributed by atoms with Gasteiger partial charge in [-0.05, 0) is 54.8 Å².